The summed E-state index contributed by atoms with van der Waals surface area (Å²) < 4.78 is 0. The van der Waals surface area contributed by atoms with E-state index in [1.165, 1.54) is 6.33 Å². The molecule has 2 aromatic carbocycles. The van der Waals surface area contributed by atoms with Crippen molar-refractivity contribution >= 4 is 34.8 Å². The van der Waals surface area contributed by atoms with Gasteiger partial charge in [-0.25, -0.2) is 4.98 Å². The smallest absolute Gasteiger partial charge is 0.239 e. The third-order valence-corrected chi connectivity index (χ3v) is 4.75. The minimum atomic E-state index is -0.699. The lowest BCUT2D eigenvalue weighted by Crippen LogP contribution is -2.33. The van der Waals surface area contributed by atoms with E-state index in [9.17, 15) is 9.59 Å². The molecule has 0 aliphatic carbocycles. The van der Waals surface area contributed by atoms with Crippen molar-refractivity contribution in [1.29, 1.82) is 0 Å². The predicted octanol–water partition coefficient (Wildman–Crippen LogP) is 3.12. The van der Waals surface area contributed by atoms with Gasteiger partial charge >= 0.3 is 0 Å². The lowest BCUT2D eigenvalue weighted by molar-refractivity contribution is -0.129. The van der Waals surface area contributed by atoms with Gasteiger partial charge in [-0.1, -0.05) is 11.6 Å². The van der Waals surface area contributed by atoms with E-state index in [1.54, 1.807) is 41.3 Å². The molecule has 1 fully saturated rings. The Morgan fingerprint density at radius 1 is 1.15 bits per heavy atom. The first-order valence-electron chi connectivity index (χ1n) is 8.45. The number of amides is 2. The summed E-state index contributed by atoms with van der Waals surface area (Å²) in [6.45, 7) is 0.503. The van der Waals surface area contributed by atoms with Crippen LogP contribution in [0.5, 0.6) is 0 Å². The maximum Gasteiger partial charge on any atom is 0.239 e. The zero-order valence-electron chi connectivity index (χ0n) is 14.2. The summed E-state index contributed by atoms with van der Waals surface area (Å²) in [5.74, 6) is -0.552. The second-order valence-corrected chi connectivity index (χ2v) is 6.64. The Bertz CT molecular complexity index is 955. The van der Waals surface area contributed by atoms with Gasteiger partial charge in [-0.05, 0) is 55.0 Å². The van der Waals surface area contributed by atoms with Crippen molar-refractivity contribution < 1.29 is 9.59 Å². The van der Waals surface area contributed by atoms with E-state index in [0.29, 0.717) is 29.5 Å². The average molecular weight is 382 g/mol. The van der Waals surface area contributed by atoms with Crippen molar-refractivity contribution in [3.05, 3.63) is 59.9 Å². The van der Waals surface area contributed by atoms with E-state index in [0.717, 1.165) is 11.3 Å². The van der Waals surface area contributed by atoms with Crippen molar-refractivity contribution in [2.45, 2.75) is 6.42 Å². The molecule has 2 amide bonds. The summed E-state index contributed by atoms with van der Waals surface area (Å²) in [6, 6.07) is 14.2. The fourth-order valence-corrected chi connectivity index (χ4v) is 3.21. The molecule has 1 aliphatic rings. The number of anilines is 2. The number of hydrogen-bond acceptors (Lipinski definition) is 4. The lowest BCUT2D eigenvalue weighted by Gasteiger charge is -2.17. The summed E-state index contributed by atoms with van der Waals surface area (Å²) in [6.07, 6.45) is 1.91. The zero-order valence-corrected chi connectivity index (χ0v) is 15.0. The molecule has 27 heavy (non-hydrogen) atoms. The van der Waals surface area contributed by atoms with E-state index < -0.39 is 5.92 Å². The van der Waals surface area contributed by atoms with Gasteiger partial charge in [0.05, 0.1) is 0 Å². The fourth-order valence-electron chi connectivity index (χ4n) is 3.09. The quantitative estimate of drug-likeness (QED) is 0.679. The molecule has 0 radical (unpaired) electrons. The molecule has 1 aromatic heterocycles. The first-order chi connectivity index (χ1) is 13.1. The summed E-state index contributed by atoms with van der Waals surface area (Å²) in [7, 11) is 0. The van der Waals surface area contributed by atoms with Gasteiger partial charge in [-0.2, -0.15) is 5.10 Å². The second-order valence-electron chi connectivity index (χ2n) is 6.21. The fraction of sp³-hybridized carbons (Fsp3) is 0.158. The van der Waals surface area contributed by atoms with E-state index in [1.807, 2.05) is 12.1 Å². The van der Waals surface area contributed by atoms with Crippen molar-refractivity contribution in [2.75, 3.05) is 16.8 Å². The highest BCUT2D eigenvalue weighted by molar-refractivity contribution is 6.30. The number of benzene rings is 2. The van der Waals surface area contributed by atoms with Gasteiger partial charge in [0.15, 0.2) is 5.82 Å². The van der Waals surface area contributed by atoms with Gasteiger partial charge in [-0.15, -0.1) is 0 Å². The van der Waals surface area contributed by atoms with Crippen LogP contribution in [-0.2, 0) is 9.59 Å². The van der Waals surface area contributed by atoms with Gasteiger partial charge < -0.3 is 10.2 Å². The Morgan fingerprint density at radius 2 is 1.89 bits per heavy atom. The molecule has 0 spiro atoms. The molecule has 1 atom stereocenters. The first kappa shape index (κ1) is 17.2. The Labute approximate surface area is 160 Å². The van der Waals surface area contributed by atoms with Crippen molar-refractivity contribution in [3.8, 4) is 11.4 Å². The van der Waals surface area contributed by atoms with E-state index in [2.05, 4.69) is 20.5 Å². The molecule has 2 N–H and O–H groups in total. The average Bonchev–Trinajstić information content (AvgIpc) is 3.33. The third kappa shape index (κ3) is 3.54. The molecule has 2 heterocycles. The summed E-state index contributed by atoms with van der Waals surface area (Å²) in [5, 5.41) is 10.0. The van der Waals surface area contributed by atoms with E-state index >= 15 is 0 Å². The maximum absolute atomic E-state index is 12.6. The molecule has 1 aliphatic heterocycles. The van der Waals surface area contributed by atoms with E-state index in [4.69, 9.17) is 11.6 Å². The van der Waals surface area contributed by atoms with Crippen LogP contribution in [0.25, 0.3) is 11.4 Å². The number of halogens is 1. The predicted molar refractivity (Wildman–Crippen MR) is 102 cm³/mol. The standard InChI is InChI=1S/C19H16ClN5O2/c20-13-3-7-15(8-4-13)25-10-9-16(19(25)27)18(26)23-14-5-1-12(2-6-14)17-21-11-22-24-17/h1-8,11,16H,9-10H2,(H,23,26)(H,21,22,24)/t16-/m1/s1. The number of carbonyl (C=O) groups excluding carboxylic acids is 2. The molecule has 8 heteroatoms. The molecule has 4 rings (SSSR count). The molecule has 0 unspecified atom stereocenters. The maximum atomic E-state index is 12.6. The monoisotopic (exact) mass is 381 g/mol. The van der Waals surface area contributed by atoms with Crippen LogP contribution in [0.3, 0.4) is 0 Å². The summed E-state index contributed by atoms with van der Waals surface area (Å²) in [4.78, 5) is 30.9. The number of H-pyrrole nitrogens is 1. The first-order valence-corrected chi connectivity index (χ1v) is 8.83. The van der Waals surface area contributed by atoms with Gasteiger partial charge in [0.1, 0.15) is 12.2 Å². The number of aromatic nitrogens is 3. The second kappa shape index (κ2) is 7.20. The molecule has 3 aromatic rings. The lowest BCUT2D eigenvalue weighted by atomic mass is 10.1. The molecule has 0 saturated carbocycles. The summed E-state index contributed by atoms with van der Waals surface area (Å²) >= 11 is 5.89. The summed E-state index contributed by atoms with van der Waals surface area (Å²) in [5.41, 5.74) is 2.23. The Kier molecular flexibility index (Phi) is 4.60. The van der Waals surface area contributed by atoms with Crippen LogP contribution < -0.4 is 10.2 Å². The minimum Gasteiger partial charge on any atom is -0.325 e. The number of aromatic amines is 1. The van der Waals surface area contributed by atoms with E-state index in [-0.39, 0.29) is 11.8 Å². The van der Waals surface area contributed by atoms with Crippen LogP contribution in [0.1, 0.15) is 6.42 Å². The highest BCUT2D eigenvalue weighted by Crippen LogP contribution is 2.27. The van der Waals surface area contributed by atoms with Crippen molar-refractivity contribution in [1.82, 2.24) is 15.2 Å². The van der Waals surface area contributed by atoms with Crippen LogP contribution in [-0.4, -0.2) is 33.5 Å². The van der Waals surface area contributed by atoms with Crippen LogP contribution in [0, 0.1) is 5.92 Å². The third-order valence-electron chi connectivity index (χ3n) is 4.50. The highest BCUT2D eigenvalue weighted by Gasteiger charge is 2.37. The number of hydrogen-bond donors (Lipinski definition) is 2. The van der Waals surface area contributed by atoms with Crippen molar-refractivity contribution in [3.63, 3.8) is 0 Å². The molecular formula is C19H16ClN5O2. The van der Waals surface area contributed by atoms with Gasteiger partial charge in [0, 0.05) is 28.5 Å². The number of carbonyl (C=O) groups is 2. The molecule has 0 bridgehead atoms. The molecule has 7 nitrogen and oxygen atoms in total. The van der Waals surface area contributed by atoms with Crippen LogP contribution >= 0.6 is 11.6 Å². The SMILES string of the molecule is O=C(Nc1ccc(-c2ncn[nH]2)cc1)[C@H]1CCN(c2ccc(Cl)cc2)C1=O. The van der Waals surface area contributed by atoms with Crippen molar-refractivity contribution in [2.24, 2.45) is 5.92 Å². The van der Waals surface area contributed by atoms with Crippen LogP contribution in [0.4, 0.5) is 11.4 Å². The Morgan fingerprint density at radius 3 is 2.56 bits per heavy atom. The molecular weight excluding hydrogens is 366 g/mol. The number of nitrogens with one attached hydrogen (secondary N) is 2. The van der Waals surface area contributed by atoms with Gasteiger partial charge in [-0.3, -0.25) is 14.7 Å². The van der Waals surface area contributed by atoms with Gasteiger partial charge in [0.25, 0.3) is 0 Å². The Balaban J connectivity index is 1.42. The largest absolute Gasteiger partial charge is 0.325 e. The number of rotatable bonds is 4. The highest BCUT2D eigenvalue weighted by atomic mass is 35.5. The minimum absolute atomic E-state index is 0.201. The van der Waals surface area contributed by atoms with Crippen LogP contribution in [0.2, 0.25) is 5.02 Å². The topological polar surface area (TPSA) is 91.0 Å². The Hall–Kier alpha value is -3.19. The number of nitrogens with zero attached hydrogens (tertiary/aromatic N) is 3. The normalized spacial score (nSPS) is 16.6. The molecule has 1 saturated heterocycles. The molecule has 136 valence electrons. The van der Waals surface area contributed by atoms with Crippen LogP contribution in [0.15, 0.2) is 54.9 Å². The van der Waals surface area contributed by atoms with Gasteiger partial charge in [0.2, 0.25) is 11.8 Å². The zero-order chi connectivity index (χ0) is 18.8.